The molecule has 3 aromatic rings. The first-order chi connectivity index (χ1) is 12.3. The molecule has 0 atom stereocenters. The molecule has 5 nitrogen and oxygen atoms in total. The first-order valence-corrected chi connectivity index (χ1v) is 8.21. The van der Waals surface area contributed by atoms with Crippen LogP contribution in [0, 0.1) is 0 Å². The van der Waals surface area contributed by atoms with Crippen molar-refractivity contribution in [2.24, 2.45) is 0 Å². The smallest absolute Gasteiger partial charge is 0.416 e. The van der Waals surface area contributed by atoms with Gasteiger partial charge in [-0.05, 0) is 36.4 Å². The number of anilines is 1. The van der Waals surface area contributed by atoms with Gasteiger partial charge in [0.15, 0.2) is 11.7 Å². The number of nitrogens with zero attached hydrogens (tertiary/aromatic N) is 1. The number of aromatic nitrogens is 1. The van der Waals surface area contributed by atoms with Gasteiger partial charge in [0.1, 0.15) is 11.5 Å². The third-order valence-corrected chi connectivity index (χ3v) is 4.31. The summed E-state index contributed by atoms with van der Waals surface area (Å²) in [5.74, 6) is 0.115. The number of hydrogen-bond acceptors (Lipinski definition) is 5. The zero-order valence-corrected chi connectivity index (χ0v) is 14.3. The van der Waals surface area contributed by atoms with E-state index in [1.54, 1.807) is 25.3 Å². The van der Waals surface area contributed by atoms with Crippen molar-refractivity contribution >= 4 is 32.6 Å². The quantitative estimate of drug-likeness (QED) is 0.713. The lowest BCUT2D eigenvalue weighted by Crippen LogP contribution is -2.20. The number of alkyl halides is 3. The van der Waals surface area contributed by atoms with Crippen molar-refractivity contribution in [1.29, 1.82) is 0 Å². The molecule has 1 aromatic heterocycles. The molecule has 1 amide bonds. The molecule has 3 rings (SSSR count). The second kappa shape index (κ2) is 7.20. The molecule has 0 fully saturated rings. The largest absolute Gasteiger partial charge is 0.497 e. The van der Waals surface area contributed by atoms with Gasteiger partial charge in [-0.1, -0.05) is 17.4 Å². The highest BCUT2D eigenvalue weighted by Gasteiger charge is 2.30. The van der Waals surface area contributed by atoms with Crippen molar-refractivity contribution in [3.8, 4) is 11.5 Å². The number of hydrogen-bond donors (Lipinski definition) is 1. The van der Waals surface area contributed by atoms with Crippen LogP contribution in [0.4, 0.5) is 18.3 Å². The molecule has 1 N–H and O–H groups in total. The van der Waals surface area contributed by atoms with Crippen molar-refractivity contribution in [2.75, 3.05) is 19.0 Å². The van der Waals surface area contributed by atoms with Crippen LogP contribution in [-0.4, -0.2) is 24.6 Å². The molecule has 0 spiro atoms. The van der Waals surface area contributed by atoms with E-state index in [9.17, 15) is 18.0 Å². The number of fused-ring (bicyclic) bond motifs is 1. The average molecular weight is 382 g/mol. The highest BCUT2D eigenvalue weighted by molar-refractivity contribution is 7.22. The summed E-state index contributed by atoms with van der Waals surface area (Å²) in [6.07, 6.45) is -4.47. The van der Waals surface area contributed by atoms with Crippen LogP contribution in [0.1, 0.15) is 5.56 Å². The lowest BCUT2D eigenvalue weighted by atomic mass is 10.2. The summed E-state index contributed by atoms with van der Waals surface area (Å²) in [7, 11) is 1.55. The Bertz CT molecular complexity index is 940. The number of benzene rings is 2. The molecule has 0 bridgehead atoms. The minimum atomic E-state index is -4.47. The number of methoxy groups -OCH3 is 1. The van der Waals surface area contributed by atoms with Crippen LogP contribution in [0.25, 0.3) is 10.2 Å². The number of amides is 1. The van der Waals surface area contributed by atoms with E-state index in [1.165, 1.54) is 23.5 Å². The van der Waals surface area contributed by atoms with Gasteiger partial charge in [0.25, 0.3) is 5.91 Å². The zero-order chi connectivity index (χ0) is 18.7. The standard InChI is InChI=1S/C17H13F3N2O3S/c1-24-11-5-6-13-14(8-11)26-16(21-13)22-15(23)9-25-12-4-2-3-10(7-12)17(18,19)20/h2-8H,9H2,1H3,(H,21,22,23). The van der Waals surface area contributed by atoms with E-state index >= 15 is 0 Å². The van der Waals surface area contributed by atoms with Crippen molar-refractivity contribution < 1.29 is 27.4 Å². The van der Waals surface area contributed by atoms with Crippen LogP contribution in [0.3, 0.4) is 0 Å². The van der Waals surface area contributed by atoms with Crippen molar-refractivity contribution in [3.63, 3.8) is 0 Å². The molecule has 2 aromatic carbocycles. The Morgan fingerprint density at radius 3 is 2.73 bits per heavy atom. The summed E-state index contributed by atoms with van der Waals surface area (Å²) in [5.41, 5.74) is -0.138. The lowest BCUT2D eigenvalue weighted by molar-refractivity contribution is -0.137. The van der Waals surface area contributed by atoms with Crippen LogP contribution in [0.2, 0.25) is 0 Å². The monoisotopic (exact) mass is 382 g/mol. The van der Waals surface area contributed by atoms with E-state index in [0.717, 1.165) is 16.8 Å². The zero-order valence-electron chi connectivity index (χ0n) is 13.5. The van der Waals surface area contributed by atoms with E-state index in [2.05, 4.69) is 10.3 Å². The minimum absolute atomic E-state index is 0.0380. The number of nitrogens with one attached hydrogen (secondary N) is 1. The van der Waals surface area contributed by atoms with Crippen LogP contribution < -0.4 is 14.8 Å². The number of carbonyl (C=O) groups excluding carboxylic acids is 1. The summed E-state index contributed by atoms with van der Waals surface area (Å²) in [5, 5.41) is 2.93. The lowest BCUT2D eigenvalue weighted by Gasteiger charge is -2.09. The highest BCUT2D eigenvalue weighted by atomic mass is 32.1. The molecule has 0 aliphatic carbocycles. The average Bonchev–Trinajstić information content (AvgIpc) is 3.00. The Morgan fingerprint density at radius 2 is 2.00 bits per heavy atom. The number of carbonyl (C=O) groups is 1. The van der Waals surface area contributed by atoms with E-state index in [0.29, 0.717) is 16.4 Å². The third kappa shape index (κ3) is 4.23. The van der Waals surface area contributed by atoms with Crippen LogP contribution >= 0.6 is 11.3 Å². The van der Waals surface area contributed by atoms with Crippen molar-refractivity contribution in [2.45, 2.75) is 6.18 Å². The molecule has 1 heterocycles. The molecule has 0 saturated carbocycles. The molecular formula is C17H13F3N2O3S. The predicted octanol–water partition coefficient (Wildman–Crippen LogP) is 4.34. The molecule has 26 heavy (non-hydrogen) atoms. The summed E-state index contributed by atoms with van der Waals surface area (Å²) < 4.78 is 49.1. The van der Waals surface area contributed by atoms with Gasteiger partial charge in [0.2, 0.25) is 0 Å². The van der Waals surface area contributed by atoms with Crippen LogP contribution in [-0.2, 0) is 11.0 Å². The minimum Gasteiger partial charge on any atom is -0.497 e. The Hall–Kier alpha value is -2.81. The van der Waals surface area contributed by atoms with Gasteiger partial charge >= 0.3 is 6.18 Å². The molecule has 0 saturated heterocycles. The molecule has 0 aliphatic rings. The second-order valence-electron chi connectivity index (χ2n) is 5.22. The molecular weight excluding hydrogens is 369 g/mol. The summed E-state index contributed by atoms with van der Waals surface area (Å²) in [6.45, 7) is -0.430. The van der Waals surface area contributed by atoms with Gasteiger partial charge in [-0.3, -0.25) is 10.1 Å². The van der Waals surface area contributed by atoms with E-state index in [1.807, 2.05) is 0 Å². The van der Waals surface area contributed by atoms with Gasteiger partial charge in [0, 0.05) is 0 Å². The predicted molar refractivity (Wildman–Crippen MR) is 91.7 cm³/mol. The van der Waals surface area contributed by atoms with E-state index in [-0.39, 0.29) is 5.75 Å². The van der Waals surface area contributed by atoms with Crippen molar-refractivity contribution in [3.05, 3.63) is 48.0 Å². The first-order valence-electron chi connectivity index (χ1n) is 7.39. The van der Waals surface area contributed by atoms with Gasteiger partial charge in [-0.25, -0.2) is 4.98 Å². The molecule has 0 aliphatic heterocycles. The second-order valence-corrected chi connectivity index (χ2v) is 6.25. The van der Waals surface area contributed by atoms with Crippen LogP contribution in [0.15, 0.2) is 42.5 Å². The number of halogens is 3. The normalized spacial score (nSPS) is 11.4. The Morgan fingerprint density at radius 1 is 1.19 bits per heavy atom. The summed E-state index contributed by atoms with van der Waals surface area (Å²) in [4.78, 5) is 16.2. The van der Waals surface area contributed by atoms with E-state index in [4.69, 9.17) is 9.47 Å². The van der Waals surface area contributed by atoms with Gasteiger partial charge in [0.05, 0.1) is 22.9 Å². The third-order valence-electron chi connectivity index (χ3n) is 3.37. The Balaban J connectivity index is 1.62. The number of thiazole rings is 1. The fourth-order valence-electron chi connectivity index (χ4n) is 2.15. The summed E-state index contributed by atoms with van der Waals surface area (Å²) in [6, 6.07) is 9.66. The number of rotatable bonds is 5. The summed E-state index contributed by atoms with van der Waals surface area (Å²) >= 11 is 1.26. The maximum absolute atomic E-state index is 12.7. The fourth-order valence-corrected chi connectivity index (χ4v) is 3.06. The Labute approximate surface area is 150 Å². The molecule has 0 unspecified atom stereocenters. The number of ether oxygens (including phenoxy) is 2. The molecule has 0 radical (unpaired) electrons. The fraction of sp³-hybridized carbons (Fsp3) is 0.176. The van der Waals surface area contributed by atoms with Gasteiger partial charge in [-0.2, -0.15) is 13.2 Å². The van der Waals surface area contributed by atoms with E-state index < -0.39 is 24.3 Å². The topological polar surface area (TPSA) is 60.5 Å². The highest BCUT2D eigenvalue weighted by Crippen LogP contribution is 2.31. The molecule has 136 valence electrons. The van der Waals surface area contributed by atoms with Crippen molar-refractivity contribution in [1.82, 2.24) is 4.98 Å². The maximum Gasteiger partial charge on any atom is 0.416 e. The first kappa shape index (κ1) is 18.0. The maximum atomic E-state index is 12.7. The SMILES string of the molecule is COc1ccc2nc(NC(=O)COc3cccc(C(F)(F)F)c3)sc2c1. The van der Waals surface area contributed by atoms with Gasteiger partial charge in [-0.15, -0.1) is 0 Å². The van der Waals surface area contributed by atoms with Gasteiger partial charge < -0.3 is 9.47 Å². The molecule has 9 heteroatoms. The van der Waals surface area contributed by atoms with Crippen LogP contribution in [0.5, 0.6) is 11.5 Å². The Kier molecular flexibility index (Phi) is 4.99.